The summed E-state index contributed by atoms with van der Waals surface area (Å²) in [6.45, 7) is 11.6. The molecular formula is C122H90N8Si. The maximum Gasteiger partial charge on any atom is 0.235 e. The summed E-state index contributed by atoms with van der Waals surface area (Å²) in [5.41, 5.74) is 33.2. The summed E-state index contributed by atoms with van der Waals surface area (Å²) in [4.78, 5) is 20.3. The molecule has 0 aliphatic heterocycles. The fraction of sp³-hybridized carbons (Fsp3) is 0.0492. The van der Waals surface area contributed by atoms with E-state index in [4.69, 9.17) is 19.9 Å². The van der Waals surface area contributed by atoms with E-state index in [2.05, 4.69) is 483 Å². The summed E-state index contributed by atoms with van der Waals surface area (Å²) in [6.07, 6.45) is 3.76. The number of nitrogens with zero attached hydrogens (tertiary/aromatic N) is 8. The van der Waals surface area contributed by atoms with Gasteiger partial charge in [0.15, 0.2) is 0 Å². The highest BCUT2D eigenvalue weighted by Crippen LogP contribution is 2.44. The van der Waals surface area contributed by atoms with Crippen LogP contribution in [0.2, 0.25) is 13.1 Å². The van der Waals surface area contributed by atoms with Crippen molar-refractivity contribution in [1.29, 1.82) is 0 Å². The Kier molecular flexibility index (Phi) is 19.8. The molecule has 131 heavy (non-hydrogen) atoms. The lowest BCUT2D eigenvalue weighted by atomic mass is 9.86. The first-order valence-electron chi connectivity index (χ1n) is 45.0. The van der Waals surface area contributed by atoms with Crippen LogP contribution in [0.25, 0.3) is 211 Å². The Bertz CT molecular complexity index is 8440. The Balaban J connectivity index is 0.000000151. The van der Waals surface area contributed by atoms with Crippen molar-refractivity contribution in [3.63, 3.8) is 0 Å². The van der Waals surface area contributed by atoms with Crippen LogP contribution in [0.1, 0.15) is 26.3 Å². The van der Waals surface area contributed by atoms with Gasteiger partial charge in [-0.05, 0) is 216 Å². The molecule has 0 radical (unpaired) electrons. The standard InChI is InChI=1S/C66H48N4Si.C56H42N4/c1-71(2,55-23-10-5-11-24-55)56-33-29-47(30-34-56)48-21-16-22-51(39-48)61-37-38-67-66(68-61)70-63-28-15-13-26-58(63)60-44-50(32-36-65(60)70)49-31-35-64-59(43-49)57-25-12-14-27-62(57)69(64)54-41-52(45-17-6-3-7-18-45)40-53(42-54)46-19-8-4-9-20-46;1-56(2,3)44-28-24-38(25-29-44)37-20-22-39(23-21-37)40-12-11-13-43(34-40)50-32-33-57-55(58-50)60-52-19-10-8-17-47(52)49-36-42(27-31-54(49)60)41-26-30-53-48(35-41)46-16-7-9-18-51(46)59(53)45-14-5-4-6-15-45/h3-44H,1-2H3;4-36H,1-3H3. The van der Waals surface area contributed by atoms with E-state index < -0.39 is 8.07 Å². The fourth-order valence-electron chi connectivity index (χ4n) is 19.6. The first-order chi connectivity index (χ1) is 64.3. The van der Waals surface area contributed by atoms with Crippen molar-refractivity contribution in [3.05, 3.63) is 461 Å². The third kappa shape index (κ3) is 14.6. The lowest BCUT2D eigenvalue weighted by Crippen LogP contribution is -2.52. The minimum absolute atomic E-state index is 0.135. The molecule has 18 aromatic carbocycles. The summed E-state index contributed by atoms with van der Waals surface area (Å²) >= 11 is 0. The van der Waals surface area contributed by atoms with Gasteiger partial charge in [0.1, 0.15) is 8.07 Å². The van der Waals surface area contributed by atoms with E-state index in [0.717, 1.165) is 89.0 Å². The Hall–Kier alpha value is -16.5. The van der Waals surface area contributed by atoms with Gasteiger partial charge in [-0.25, -0.2) is 19.9 Å². The van der Waals surface area contributed by atoms with Gasteiger partial charge in [0.25, 0.3) is 0 Å². The monoisotopic (exact) mass is 1690 g/mol. The van der Waals surface area contributed by atoms with Crippen LogP contribution in [0.4, 0.5) is 0 Å². The normalized spacial score (nSPS) is 11.9. The topological polar surface area (TPSA) is 71.3 Å². The third-order valence-electron chi connectivity index (χ3n) is 26.5. The van der Waals surface area contributed by atoms with Crippen molar-refractivity contribution in [2.45, 2.75) is 39.3 Å². The molecule has 6 aromatic heterocycles. The number of hydrogen-bond acceptors (Lipinski definition) is 4. The van der Waals surface area contributed by atoms with Gasteiger partial charge in [-0.3, -0.25) is 9.13 Å². The summed E-state index contributed by atoms with van der Waals surface area (Å²) in [7, 11) is -1.81. The van der Waals surface area contributed by atoms with Gasteiger partial charge in [0.05, 0.1) is 55.5 Å². The smallest absolute Gasteiger partial charge is 0.235 e. The van der Waals surface area contributed by atoms with Crippen LogP contribution in [0.15, 0.2) is 455 Å². The van der Waals surface area contributed by atoms with Crippen molar-refractivity contribution >= 4 is 106 Å². The summed E-state index contributed by atoms with van der Waals surface area (Å²) in [6, 6.07) is 160. The number of benzene rings is 18. The Morgan fingerprint density at radius 2 is 0.473 bits per heavy atom. The molecule has 0 aliphatic rings. The van der Waals surface area contributed by atoms with Crippen molar-refractivity contribution in [1.82, 2.24) is 38.2 Å². The van der Waals surface area contributed by atoms with Crippen LogP contribution in [0, 0.1) is 0 Å². The maximum atomic E-state index is 5.27. The van der Waals surface area contributed by atoms with E-state index in [1.54, 1.807) is 0 Å². The Morgan fingerprint density at radius 3 is 0.878 bits per heavy atom. The quantitative estimate of drug-likeness (QED) is 0.0959. The molecule has 0 spiro atoms. The first kappa shape index (κ1) is 79.2. The van der Waals surface area contributed by atoms with E-state index in [1.807, 2.05) is 24.5 Å². The Labute approximate surface area is 762 Å². The second-order valence-electron chi connectivity index (χ2n) is 35.8. The van der Waals surface area contributed by atoms with Crippen LogP contribution in [-0.4, -0.2) is 46.3 Å². The van der Waals surface area contributed by atoms with Gasteiger partial charge < -0.3 is 9.13 Å². The molecule has 0 saturated heterocycles. The predicted octanol–water partition coefficient (Wildman–Crippen LogP) is 30.5. The fourth-order valence-corrected chi connectivity index (χ4v) is 21.9. The number of fused-ring (bicyclic) bond motifs is 12. The molecule has 9 heteroatoms. The summed E-state index contributed by atoms with van der Waals surface area (Å²) in [5, 5.41) is 12.4. The van der Waals surface area contributed by atoms with E-state index in [1.165, 1.54) is 126 Å². The average molecular weight is 1700 g/mol. The molecule has 622 valence electrons. The molecule has 0 aliphatic carbocycles. The highest BCUT2D eigenvalue weighted by molar-refractivity contribution is 7.00. The zero-order valence-electron chi connectivity index (χ0n) is 73.4. The molecule has 0 saturated carbocycles. The van der Waals surface area contributed by atoms with E-state index in [9.17, 15) is 0 Å². The Morgan fingerprint density at radius 1 is 0.198 bits per heavy atom. The van der Waals surface area contributed by atoms with Gasteiger partial charge in [-0.2, -0.15) is 0 Å². The van der Waals surface area contributed by atoms with Crippen molar-refractivity contribution in [2.75, 3.05) is 0 Å². The summed E-state index contributed by atoms with van der Waals surface area (Å²) < 4.78 is 9.20. The minimum atomic E-state index is -1.81. The molecule has 0 fully saturated rings. The van der Waals surface area contributed by atoms with E-state index in [0.29, 0.717) is 11.9 Å². The number of rotatable bonds is 15. The molecular weight excluding hydrogens is 1610 g/mol. The second kappa shape index (κ2) is 32.7. The number of hydrogen-bond donors (Lipinski definition) is 0. The van der Waals surface area contributed by atoms with Gasteiger partial charge in [-0.15, -0.1) is 0 Å². The number of para-hydroxylation sites is 5. The van der Waals surface area contributed by atoms with E-state index >= 15 is 0 Å². The molecule has 0 unspecified atom stereocenters. The molecule has 8 nitrogen and oxygen atoms in total. The molecule has 0 N–H and O–H groups in total. The lowest BCUT2D eigenvalue weighted by molar-refractivity contribution is 0.590. The predicted molar refractivity (Wildman–Crippen MR) is 552 cm³/mol. The zero-order valence-corrected chi connectivity index (χ0v) is 74.4. The van der Waals surface area contributed by atoms with Gasteiger partial charge >= 0.3 is 0 Å². The maximum absolute atomic E-state index is 5.27. The minimum Gasteiger partial charge on any atom is -0.309 e. The molecule has 0 amide bonds. The van der Waals surface area contributed by atoms with Crippen LogP contribution in [-0.2, 0) is 5.41 Å². The third-order valence-corrected chi connectivity index (χ3v) is 30.1. The van der Waals surface area contributed by atoms with Crippen molar-refractivity contribution in [2.24, 2.45) is 0 Å². The molecule has 6 heterocycles. The average Bonchev–Trinajstić information content (AvgIpc) is 1.58. The van der Waals surface area contributed by atoms with Crippen molar-refractivity contribution in [3.8, 4) is 124 Å². The van der Waals surface area contributed by atoms with Crippen LogP contribution in [0.5, 0.6) is 0 Å². The number of aromatic nitrogens is 8. The van der Waals surface area contributed by atoms with E-state index in [-0.39, 0.29) is 5.41 Å². The molecule has 24 rings (SSSR count). The van der Waals surface area contributed by atoms with Gasteiger partial charge in [0.2, 0.25) is 11.9 Å². The van der Waals surface area contributed by atoms with Crippen LogP contribution < -0.4 is 10.4 Å². The zero-order chi connectivity index (χ0) is 87.8. The highest BCUT2D eigenvalue weighted by Gasteiger charge is 2.27. The second-order valence-corrected chi connectivity index (χ2v) is 40.2. The first-order valence-corrected chi connectivity index (χ1v) is 48.0. The molecule has 24 aromatic rings. The van der Waals surface area contributed by atoms with Gasteiger partial charge in [0, 0.05) is 78.0 Å². The molecule has 0 bridgehead atoms. The lowest BCUT2D eigenvalue weighted by Gasteiger charge is -2.24. The largest absolute Gasteiger partial charge is 0.309 e. The van der Waals surface area contributed by atoms with Gasteiger partial charge in [-0.1, -0.05) is 360 Å². The summed E-state index contributed by atoms with van der Waals surface area (Å²) in [5.74, 6) is 1.29. The van der Waals surface area contributed by atoms with Crippen LogP contribution in [0.3, 0.4) is 0 Å². The van der Waals surface area contributed by atoms with Crippen LogP contribution >= 0.6 is 0 Å². The highest BCUT2D eigenvalue weighted by atomic mass is 28.3. The van der Waals surface area contributed by atoms with Crippen molar-refractivity contribution < 1.29 is 0 Å². The SMILES string of the molecule is CC(C)(C)c1ccc(-c2ccc(-c3cccc(-c4ccnc(-n5c6ccccc6c6cc(-c7ccc8c(c7)c7ccccc7n8-c7ccccc7)ccc65)n4)c3)cc2)cc1.C[Si](C)(c1ccccc1)c1ccc(-c2cccc(-c3ccnc(-n4c5ccccc5c5cc(-c6ccc7c(c6)c6ccccc6n7-c6cc(-c7ccccc7)cc(-c7ccccc7)c6)ccc54)n3)c2)cc1. The molecule has 0 atom stereocenters.